The molecule has 4 fully saturated rings. The second-order valence-corrected chi connectivity index (χ2v) is 13.3. The molecule has 4 aliphatic rings. The molecule has 7 heterocycles. The molecule has 242 valence electrons. The number of hydrogen-bond donors (Lipinski definition) is 0. The number of aromatic nitrogens is 3. The summed E-state index contributed by atoms with van der Waals surface area (Å²) in [6, 6.07) is 11.8. The molecular formula is C36H38FN7O3. The van der Waals surface area contributed by atoms with Crippen LogP contribution in [0, 0.1) is 12.7 Å². The van der Waals surface area contributed by atoms with Gasteiger partial charge in [-0.3, -0.25) is 19.5 Å². The molecule has 4 saturated heterocycles. The van der Waals surface area contributed by atoms with Gasteiger partial charge in [0, 0.05) is 86.3 Å². The Kier molecular flexibility index (Phi) is 7.51. The normalized spacial score (nSPS) is 23.9. The molecule has 10 nitrogen and oxygen atoms in total. The topological polar surface area (TPSA) is 95.6 Å². The second kappa shape index (κ2) is 11.9. The van der Waals surface area contributed by atoms with Gasteiger partial charge < -0.3 is 14.5 Å². The lowest BCUT2D eigenvalue weighted by Crippen LogP contribution is -2.49. The van der Waals surface area contributed by atoms with Crippen LogP contribution in [0.2, 0.25) is 0 Å². The maximum atomic E-state index is 14.2. The molecule has 4 atom stereocenters. The largest absolute Gasteiger partial charge is 0.491 e. The Morgan fingerprint density at radius 2 is 1.91 bits per heavy atom. The van der Waals surface area contributed by atoms with Crippen molar-refractivity contribution >= 4 is 29.2 Å². The summed E-state index contributed by atoms with van der Waals surface area (Å²) in [5, 5.41) is 4.60. The van der Waals surface area contributed by atoms with Gasteiger partial charge in [-0.15, -0.1) is 0 Å². The number of ether oxygens (including phenoxy) is 1. The number of likely N-dealkylation sites (tertiary alicyclic amines) is 1. The SMILES string of the molecule is C/N=C/c1cnn2cc(OCCN3C4CCC3CC(=O)C4)cc(-c3ccc(N4CC5CC4CN5C(=O)c4cccc(F)c4C)nc3)c12. The van der Waals surface area contributed by atoms with Crippen molar-refractivity contribution in [2.24, 2.45) is 4.99 Å². The Hall–Kier alpha value is -4.64. The van der Waals surface area contributed by atoms with Crippen molar-refractivity contribution in [1.82, 2.24) is 24.4 Å². The summed E-state index contributed by atoms with van der Waals surface area (Å²) < 4.78 is 22.3. The van der Waals surface area contributed by atoms with Crippen LogP contribution in [0.5, 0.6) is 5.75 Å². The van der Waals surface area contributed by atoms with Crippen LogP contribution in [0.25, 0.3) is 16.6 Å². The summed E-state index contributed by atoms with van der Waals surface area (Å²) in [5.74, 6) is 1.52. The van der Waals surface area contributed by atoms with Gasteiger partial charge in [-0.1, -0.05) is 6.07 Å². The summed E-state index contributed by atoms with van der Waals surface area (Å²) in [4.78, 5) is 41.1. The first-order valence-corrected chi connectivity index (χ1v) is 16.5. The third-order valence-corrected chi connectivity index (χ3v) is 10.6. The van der Waals surface area contributed by atoms with Gasteiger partial charge in [-0.2, -0.15) is 5.10 Å². The van der Waals surface area contributed by atoms with E-state index < -0.39 is 0 Å². The van der Waals surface area contributed by atoms with E-state index in [0.29, 0.717) is 61.5 Å². The van der Waals surface area contributed by atoms with E-state index in [2.05, 4.69) is 26.0 Å². The molecule has 0 N–H and O–H groups in total. The molecule has 0 radical (unpaired) electrons. The fourth-order valence-corrected chi connectivity index (χ4v) is 8.25. The molecule has 1 aromatic carbocycles. The second-order valence-electron chi connectivity index (χ2n) is 13.3. The molecule has 0 aliphatic carbocycles. The van der Waals surface area contributed by atoms with Crippen LogP contribution in [-0.4, -0.2) is 99.8 Å². The van der Waals surface area contributed by atoms with Crippen LogP contribution >= 0.6 is 0 Å². The van der Waals surface area contributed by atoms with Crippen molar-refractivity contribution in [3.8, 4) is 16.9 Å². The van der Waals surface area contributed by atoms with Gasteiger partial charge in [-0.05, 0) is 62.1 Å². The quantitative estimate of drug-likeness (QED) is 0.262. The van der Waals surface area contributed by atoms with Crippen LogP contribution in [0.4, 0.5) is 10.2 Å². The molecule has 4 aromatic rings. The van der Waals surface area contributed by atoms with Crippen LogP contribution in [0.15, 0.2) is 60.0 Å². The lowest BCUT2D eigenvalue weighted by Gasteiger charge is -2.35. The molecule has 4 unspecified atom stereocenters. The number of hydrogen-bond acceptors (Lipinski definition) is 8. The number of rotatable bonds is 8. The number of halogens is 1. The van der Waals surface area contributed by atoms with Crippen molar-refractivity contribution in [3.63, 3.8) is 0 Å². The molecule has 4 bridgehead atoms. The Morgan fingerprint density at radius 3 is 2.64 bits per heavy atom. The molecule has 0 saturated carbocycles. The molecule has 1 amide bonds. The first-order valence-electron chi connectivity index (χ1n) is 16.5. The Labute approximate surface area is 272 Å². The zero-order valence-electron chi connectivity index (χ0n) is 26.7. The predicted octanol–water partition coefficient (Wildman–Crippen LogP) is 4.57. The average molecular weight is 636 g/mol. The van der Waals surface area contributed by atoms with Crippen molar-refractivity contribution in [3.05, 3.63) is 77.5 Å². The Balaban J connectivity index is 0.997. The number of fused-ring (bicyclic) bond motifs is 5. The minimum atomic E-state index is -0.353. The van der Waals surface area contributed by atoms with Crippen LogP contribution < -0.4 is 9.64 Å². The number of carbonyl (C=O) groups is 2. The standard InChI is InChI=1S/C36H38FN7O3/c1-22-31(4-3-5-33(22)37)36(46)43-20-27-12-28(43)19-42(27)34-9-6-23(17-39-34)32-15-30(21-44-35(32)24(16-38-2)18-40-44)47-11-10-41-25-7-8-26(41)14-29(45)13-25/h3-6,9,15-18,21,25-28H,7-8,10-14,19-20H2,1-2H3/b38-16+. The fourth-order valence-electron chi connectivity index (χ4n) is 8.25. The fraction of sp³-hybridized carbons (Fsp3) is 0.417. The number of carbonyl (C=O) groups excluding carboxylic acids is 2. The lowest BCUT2D eigenvalue weighted by atomic mass is 10.0. The predicted molar refractivity (Wildman–Crippen MR) is 177 cm³/mol. The highest BCUT2D eigenvalue weighted by Gasteiger charge is 2.46. The van der Waals surface area contributed by atoms with Crippen molar-refractivity contribution in [1.29, 1.82) is 0 Å². The first-order chi connectivity index (χ1) is 22.9. The van der Waals surface area contributed by atoms with E-state index in [4.69, 9.17) is 9.72 Å². The van der Waals surface area contributed by atoms with E-state index in [-0.39, 0.29) is 23.8 Å². The molecule has 8 rings (SSSR count). The van der Waals surface area contributed by atoms with Gasteiger partial charge in [0.2, 0.25) is 0 Å². The van der Waals surface area contributed by atoms with Gasteiger partial charge in [0.1, 0.15) is 29.8 Å². The van der Waals surface area contributed by atoms with Gasteiger partial charge in [0.15, 0.2) is 0 Å². The number of aliphatic imine (C=N–C) groups is 1. The monoisotopic (exact) mass is 635 g/mol. The van der Waals surface area contributed by atoms with Crippen molar-refractivity contribution in [2.75, 3.05) is 38.2 Å². The number of benzene rings is 1. The van der Waals surface area contributed by atoms with E-state index in [1.807, 2.05) is 33.9 Å². The highest BCUT2D eigenvalue weighted by molar-refractivity contribution is 5.97. The van der Waals surface area contributed by atoms with Crippen LogP contribution in [0.3, 0.4) is 0 Å². The molecule has 11 heteroatoms. The Bertz CT molecular complexity index is 1870. The zero-order valence-corrected chi connectivity index (χ0v) is 26.7. The highest BCUT2D eigenvalue weighted by atomic mass is 19.1. The number of piperidine rings is 1. The van der Waals surface area contributed by atoms with Crippen molar-refractivity contribution < 1.29 is 18.7 Å². The maximum Gasteiger partial charge on any atom is 0.254 e. The Morgan fingerprint density at radius 1 is 1.09 bits per heavy atom. The molecule has 4 aliphatic heterocycles. The third kappa shape index (κ3) is 5.26. The van der Waals surface area contributed by atoms with Gasteiger partial charge in [0.05, 0.1) is 30.0 Å². The summed E-state index contributed by atoms with van der Waals surface area (Å²) in [5.41, 5.74) is 4.55. The van der Waals surface area contributed by atoms with E-state index in [1.54, 1.807) is 38.5 Å². The minimum absolute atomic E-state index is 0.0633. The van der Waals surface area contributed by atoms with Gasteiger partial charge >= 0.3 is 0 Å². The van der Waals surface area contributed by atoms with Crippen molar-refractivity contribution in [2.45, 2.75) is 63.2 Å². The summed E-state index contributed by atoms with van der Waals surface area (Å²) in [7, 11) is 1.75. The molecular weight excluding hydrogens is 597 g/mol. The number of anilines is 1. The molecule has 47 heavy (non-hydrogen) atoms. The third-order valence-electron chi connectivity index (χ3n) is 10.6. The van der Waals surface area contributed by atoms with Crippen LogP contribution in [-0.2, 0) is 4.79 Å². The smallest absolute Gasteiger partial charge is 0.254 e. The summed E-state index contributed by atoms with van der Waals surface area (Å²) >= 11 is 0. The first kappa shape index (κ1) is 29.7. The average Bonchev–Trinajstić information content (AvgIpc) is 3.85. The number of pyridine rings is 2. The highest BCUT2D eigenvalue weighted by Crippen LogP contribution is 2.37. The van der Waals surface area contributed by atoms with E-state index in [1.165, 1.54) is 6.07 Å². The number of ketones is 1. The molecule has 3 aromatic heterocycles. The number of Topliss-reactive ketones (excluding diaryl/α,β-unsaturated/α-hetero) is 1. The number of amides is 1. The molecule has 0 spiro atoms. The van der Waals surface area contributed by atoms with E-state index in [0.717, 1.165) is 59.6 Å². The van der Waals surface area contributed by atoms with E-state index in [9.17, 15) is 14.0 Å². The summed E-state index contributed by atoms with van der Waals surface area (Å²) in [6.07, 6.45) is 11.8. The van der Waals surface area contributed by atoms with Gasteiger partial charge in [-0.25, -0.2) is 13.9 Å². The maximum absolute atomic E-state index is 14.2. The number of nitrogens with zero attached hydrogens (tertiary/aromatic N) is 7. The number of piperazine rings is 1. The zero-order chi connectivity index (χ0) is 32.2. The lowest BCUT2D eigenvalue weighted by molar-refractivity contribution is -0.123. The minimum Gasteiger partial charge on any atom is -0.491 e. The van der Waals surface area contributed by atoms with Gasteiger partial charge in [0.25, 0.3) is 5.91 Å². The van der Waals surface area contributed by atoms with Crippen LogP contribution in [0.1, 0.15) is 53.6 Å². The summed E-state index contributed by atoms with van der Waals surface area (Å²) in [6.45, 7) is 4.27. The van der Waals surface area contributed by atoms with E-state index >= 15 is 0 Å².